The third kappa shape index (κ3) is 4.37. The van der Waals surface area contributed by atoms with E-state index in [0.717, 1.165) is 11.1 Å². The monoisotopic (exact) mass is 281 g/mol. The summed E-state index contributed by atoms with van der Waals surface area (Å²) in [5.74, 6) is 5.63. The molecule has 0 aliphatic heterocycles. The third-order valence-corrected chi connectivity index (χ3v) is 2.81. The van der Waals surface area contributed by atoms with E-state index >= 15 is 0 Å². The van der Waals surface area contributed by atoms with Gasteiger partial charge in [-0.2, -0.15) is 0 Å². The topological polar surface area (TPSA) is 72.6 Å². The average Bonchev–Trinajstić information content (AvgIpc) is 2.52. The minimum atomic E-state index is -0.457. The average molecular weight is 281 g/mol. The second-order valence-electron chi connectivity index (χ2n) is 4.33. The molecule has 0 aromatic heterocycles. The van der Waals surface area contributed by atoms with Crippen molar-refractivity contribution in [3.8, 4) is 17.6 Å². The van der Waals surface area contributed by atoms with Gasteiger partial charge in [-0.05, 0) is 42.0 Å². The van der Waals surface area contributed by atoms with E-state index in [2.05, 4.69) is 11.8 Å². The molecule has 2 aromatic rings. The van der Waals surface area contributed by atoms with Crippen LogP contribution in [-0.4, -0.2) is 17.6 Å². The maximum absolute atomic E-state index is 11.0. The predicted octanol–water partition coefficient (Wildman–Crippen LogP) is 1.71. The molecule has 3 N–H and O–H groups in total. The number of ether oxygens (including phenoxy) is 1. The summed E-state index contributed by atoms with van der Waals surface area (Å²) >= 11 is 0. The molecule has 0 aliphatic rings. The molecule has 4 heteroatoms. The molecule has 0 bridgehead atoms. The fourth-order valence-corrected chi connectivity index (χ4v) is 1.71. The summed E-state index contributed by atoms with van der Waals surface area (Å²) in [5, 5.41) is 8.62. The number of hydrogen-bond donors (Lipinski definition) is 2. The van der Waals surface area contributed by atoms with Crippen LogP contribution < -0.4 is 10.5 Å². The summed E-state index contributed by atoms with van der Waals surface area (Å²) in [4.78, 5) is 11.0. The van der Waals surface area contributed by atoms with Crippen molar-refractivity contribution in [2.75, 3.05) is 6.61 Å². The molecule has 4 nitrogen and oxygen atoms in total. The second-order valence-corrected chi connectivity index (χ2v) is 4.33. The van der Waals surface area contributed by atoms with Crippen LogP contribution in [-0.2, 0) is 6.61 Å². The summed E-state index contributed by atoms with van der Waals surface area (Å²) in [6, 6.07) is 14.3. The maximum atomic E-state index is 11.0. The molecule has 0 unspecified atom stereocenters. The quantitative estimate of drug-likeness (QED) is 0.838. The van der Waals surface area contributed by atoms with Crippen molar-refractivity contribution in [3.63, 3.8) is 0 Å². The lowest BCUT2D eigenvalue weighted by Crippen LogP contribution is -2.10. The number of benzene rings is 2. The Kier molecular flexibility index (Phi) is 4.97. The molecule has 0 saturated heterocycles. The minimum Gasteiger partial charge on any atom is -0.489 e. The Balaban J connectivity index is 1.94. The Morgan fingerprint density at radius 1 is 1.10 bits per heavy atom. The summed E-state index contributed by atoms with van der Waals surface area (Å²) < 4.78 is 5.62. The Morgan fingerprint density at radius 3 is 2.33 bits per heavy atom. The third-order valence-electron chi connectivity index (χ3n) is 2.81. The number of aliphatic hydroxyl groups excluding tert-OH is 1. The zero-order chi connectivity index (χ0) is 15.1. The van der Waals surface area contributed by atoms with E-state index in [1.165, 1.54) is 0 Å². The van der Waals surface area contributed by atoms with E-state index in [1.54, 1.807) is 24.3 Å². The first-order chi connectivity index (χ1) is 10.2. The van der Waals surface area contributed by atoms with Crippen molar-refractivity contribution in [1.29, 1.82) is 0 Å². The molecule has 0 saturated carbocycles. The number of hydrogen-bond acceptors (Lipinski definition) is 3. The smallest absolute Gasteiger partial charge is 0.248 e. The van der Waals surface area contributed by atoms with Crippen LogP contribution in [0.1, 0.15) is 21.5 Å². The molecule has 0 fully saturated rings. The lowest BCUT2D eigenvalue weighted by molar-refractivity contribution is 0.1000. The summed E-state index contributed by atoms with van der Waals surface area (Å²) in [6.45, 7) is 0.274. The number of amides is 1. The highest BCUT2D eigenvalue weighted by atomic mass is 16.5. The van der Waals surface area contributed by atoms with Crippen LogP contribution >= 0.6 is 0 Å². The fraction of sp³-hybridized carbons (Fsp3) is 0.118. The molecule has 0 radical (unpaired) electrons. The first-order valence-corrected chi connectivity index (χ1v) is 6.40. The van der Waals surface area contributed by atoms with Crippen molar-refractivity contribution < 1.29 is 14.6 Å². The number of carbonyl (C=O) groups is 1. The van der Waals surface area contributed by atoms with Crippen LogP contribution in [0.2, 0.25) is 0 Å². The zero-order valence-corrected chi connectivity index (χ0v) is 11.4. The highest BCUT2D eigenvalue weighted by Gasteiger charge is 2.00. The van der Waals surface area contributed by atoms with Gasteiger partial charge in [0.15, 0.2) is 0 Å². The van der Waals surface area contributed by atoms with Gasteiger partial charge < -0.3 is 15.6 Å². The lowest BCUT2D eigenvalue weighted by Gasteiger charge is -2.06. The van der Waals surface area contributed by atoms with Crippen LogP contribution in [0.5, 0.6) is 5.75 Å². The fourth-order valence-electron chi connectivity index (χ4n) is 1.71. The van der Waals surface area contributed by atoms with Crippen molar-refractivity contribution in [2.45, 2.75) is 6.61 Å². The molecular formula is C17H15NO3. The Labute approximate surface area is 123 Å². The second kappa shape index (κ2) is 7.13. The van der Waals surface area contributed by atoms with Crippen LogP contribution in [0.4, 0.5) is 0 Å². The number of aliphatic hydroxyl groups is 1. The van der Waals surface area contributed by atoms with Gasteiger partial charge in [-0.25, -0.2) is 0 Å². The molecule has 0 atom stereocenters. The van der Waals surface area contributed by atoms with E-state index in [0.29, 0.717) is 17.9 Å². The largest absolute Gasteiger partial charge is 0.489 e. The molecule has 0 spiro atoms. The van der Waals surface area contributed by atoms with E-state index in [1.807, 2.05) is 24.3 Å². The van der Waals surface area contributed by atoms with Crippen LogP contribution in [0, 0.1) is 11.8 Å². The molecule has 106 valence electrons. The molecular weight excluding hydrogens is 266 g/mol. The first kappa shape index (κ1) is 14.6. The lowest BCUT2D eigenvalue weighted by atomic mass is 10.1. The normalized spacial score (nSPS) is 9.57. The Bertz CT molecular complexity index is 664. The van der Waals surface area contributed by atoms with Gasteiger partial charge in [0.05, 0.1) is 0 Å². The standard InChI is InChI=1S/C17H15NO3/c18-17(20)15-7-9-16(10-8-15)21-12-14-5-3-13(4-6-14)2-1-11-19/h3-10,19H,11-12H2,(H2,18,20). The molecule has 0 heterocycles. The molecule has 21 heavy (non-hydrogen) atoms. The first-order valence-electron chi connectivity index (χ1n) is 6.40. The number of nitrogens with two attached hydrogens (primary N) is 1. The van der Waals surface area contributed by atoms with Gasteiger partial charge in [-0.3, -0.25) is 4.79 Å². The van der Waals surface area contributed by atoms with Crippen LogP contribution in [0.25, 0.3) is 0 Å². The van der Waals surface area contributed by atoms with E-state index in [9.17, 15) is 4.79 Å². The van der Waals surface area contributed by atoms with E-state index in [-0.39, 0.29) is 6.61 Å². The Morgan fingerprint density at radius 2 is 1.76 bits per heavy atom. The maximum Gasteiger partial charge on any atom is 0.248 e. The molecule has 1 amide bonds. The number of carbonyl (C=O) groups excluding carboxylic acids is 1. The predicted molar refractivity (Wildman–Crippen MR) is 79.7 cm³/mol. The van der Waals surface area contributed by atoms with Crippen molar-refractivity contribution in [1.82, 2.24) is 0 Å². The van der Waals surface area contributed by atoms with E-state index < -0.39 is 5.91 Å². The van der Waals surface area contributed by atoms with Gasteiger partial charge in [0, 0.05) is 11.1 Å². The van der Waals surface area contributed by atoms with Gasteiger partial charge >= 0.3 is 0 Å². The summed E-state index contributed by atoms with van der Waals surface area (Å²) in [5.41, 5.74) is 7.47. The van der Waals surface area contributed by atoms with Gasteiger partial charge in [-0.1, -0.05) is 24.0 Å². The van der Waals surface area contributed by atoms with Gasteiger partial charge in [0.2, 0.25) is 5.91 Å². The van der Waals surface area contributed by atoms with Crippen LogP contribution in [0.15, 0.2) is 48.5 Å². The molecule has 2 aromatic carbocycles. The van der Waals surface area contributed by atoms with Crippen molar-refractivity contribution in [2.24, 2.45) is 5.73 Å². The van der Waals surface area contributed by atoms with Crippen molar-refractivity contribution >= 4 is 5.91 Å². The minimum absolute atomic E-state index is 0.147. The zero-order valence-electron chi connectivity index (χ0n) is 11.4. The highest BCUT2D eigenvalue weighted by molar-refractivity contribution is 5.92. The summed E-state index contributed by atoms with van der Waals surface area (Å²) in [6.07, 6.45) is 0. The molecule has 0 aliphatic carbocycles. The van der Waals surface area contributed by atoms with Crippen LogP contribution in [0.3, 0.4) is 0 Å². The van der Waals surface area contributed by atoms with Gasteiger partial charge in [0.1, 0.15) is 19.0 Å². The SMILES string of the molecule is NC(=O)c1ccc(OCc2ccc(C#CCO)cc2)cc1. The van der Waals surface area contributed by atoms with Crippen molar-refractivity contribution in [3.05, 3.63) is 65.2 Å². The summed E-state index contributed by atoms with van der Waals surface area (Å²) in [7, 11) is 0. The number of rotatable bonds is 4. The molecule has 2 rings (SSSR count). The van der Waals surface area contributed by atoms with E-state index in [4.69, 9.17) is 15.6 Å². The van der Waals surface area contributed by atoms with Gasteiger partial charge in [-0.15, -0.1) is 0 Å². The van der Waals surface area contributed by atoms with Gasteiger partial charge in [0.25, 0.3) is 0 Å². The number of primary amides is 1. The Hall–Kier alpha value is -2.77. The highest BCUT2D eigenvalue weighted by Crippen LogP contribution is 2.14.